The van der Waals surface area contributed by atoms with Crippen LogP contribution in [0.25, 0.3) is 0 Å². The van der Waals surface area contributed by atoms with E-state index in [-0.39, 0.29) is 36.3 Å². The van der Waals surface area contributed by atoms with Gasteiger partial charge in [-0.1, -0.05) is 29.8 Å². The van der Waals surface area contributed by atoms with Gasteiger partial charge < -0.3 is 15.2 Å². The van der Waals surface area contributed by atoms with Gasteiger partial charge in [-0.15, -0.1) is 0 Å². The molecule has 1 saturated heterocycles. The minimum atomic E-state index is -1.01. The number of benzene rings is 2. The summed E-state index contributed by atoms with van der Waals surface area (Å²) in [5, 5.41) is 25.9. The monoisotopic (exact) mass is 443 g/mol. The van der Waals surface area contributed by atoms with Crippen LogP contribution in [0.15, 0.2) is 48.5 Å². The molecule has 30 heavy (non-hydrogen) atoms. The summed E-state index contributed by atoms with van der Waals surface area (Å²) in [6.45, 7) is 1.94. The van der Waals surface area contributed by atoms with Crippen LogP contribution in [0.3, 0.4) is 0 Å². The number of aliphatic hydroxyl groups excluding tert-OH is 1. The van der Waals surface area contributed by atoms with Gasteiger partial charge in [0.25, 0.3) is 5.91 Å². The van der Waals surface area contributed by atoms with E-state index in [9.17, 15) is 15.2 Å². The SMILES string of the molecule is C[C@H]1C[C@@H](CO)[C@](NC(=S)NC(=O)c2ccccc2)(c2cc(C#N)ccc2Cl)CO1. The van der Waals surface area contributed by atoms with Gasteiger partial charge in [0.1, 0.15) is 0 Å². The first-order valence-corrected chi connectivity index (χ1v) is 10.3. The molecule has 8 heteroatoms. The van der Waals surface area contributed by atoms with Crippen LogP contribution >= 0.6 is 23.8 Å². The van der Waals surface area contributed by atoms with E-state index >= 15 is 0 Å². The molecule has 1 fully saturated rings. The van der Waals surface area contributed by atoms with Crippen LogP contribution in [-0.4, -0.2) is 35.4 Å². The summed E-state index contributed by atoms with van der Waals surface area (Å²) < 4.78 is 5.91. The summed E-state index contributed by atoms with van der Waals surface area (Å²) in [5.41, 5.74) is 0.467. The van der Waals surface area contributed by atoms with Gasteiger partial charge in [0, 0.05) is 28.7 Å². The number of nitrogens with zero attached hydrogens (tertiary/aromatic N) is 1. The summed E-state index contributed by atoms with van der Waals surface area (Å²) >= 11 is 11.9. The number of carbonyl (C=O) groups excluding carboxylic acids is 1. The van der Waals surface area contributed by atoms with E-state index in [0.717, 1.165) is 0 Å². The zero-order valence-electron chi connectivity index (χ0n) is 16.4. The van der Waals surface area contributed by atoms with Gasteiger partial charge in [0.05, 0.1) is 29.9 Å². The molecule has 0 spiro atoms. The van der Waals surface area contributed by atoms with E-state index in [1.807, 2.05) is 13.0 Å². The van der Waals surface area contributed by atoms with Gasteiger partial charge in [0.15, 0.2) is 5.11 Å². The average Bonchev–Trinajstić information content (AvgIpc) is 2.76. The summed E-state index contributed by atoms with van der Waals surface area (Å²) in [5.74, 6) is -0.662. The molecule has 156 valence electrons. The maximum absolute atomic E-state index is 12.5. The molecule has 1 aliphatic rings. The quantitative estimate of drug-likeness (QED) is 0.628. The van der Waals surface area contributed by atoms with Crippen LogP contribution in [-0.2, 0) is 10.3 Å². The second-order valence-electron chi connectivity index (χ2n) is 7.29. The Morgan fingerprint density at radius 1 is 1.37 bits per heavy atom. The molecule has 3 N–H and O–H groups in total. The summed E-state index contributed by atoms with van der Waals surface area (Å²) in [6.07, 6.45) is 0.480. The van der Waals surface area contributed by atoms with E-state index in [4.69, 9.17) is 28.6 Å². The Morgan fingerprint density at radius 2 is 2.10 bits per heavy atom. The summed E-state index contributed by atoms with van der Waals surface area (Å²) in [7, 11) is 0. The molecular weight excluding hydrogens is 422 g/mol. The van der Waals surface area contributed by atoms with Gasteiger partial charge in [-0.3, -0.25) is 10.1 Å². The number of aliphatic hydroxyl groups is 1. The lowest BCUT2D eigenvalue weighted by Gasteiger charge is -2.47. The second kappa shape index (κ2) is 9.54. The zero-order chi connectivity index (χ0) is 21.7. The minimum absolute atomic E-state index is 0.0671. The molecule has 3 atom stereocenters. The molecule has 1 amide bonds. The first-order chi connectivity index (χ1) is 14.4. The first kappa shape index (κ1) is 22.2. The Labute approximate surface area is 185 Å². The highest BCUT2D eigenvalue weighted by molar-refractivity contribution is 7.80. The van der Waals surface area contributed by atoms with Crippen molar-refractivity contribution in [2.75, 3.05) is 13.2 Å². The number of halogens is 1. The van der Waals surface area contributed by atoms with Gasteiger partial charge in [-0.25, -0.2) is 0 Å². The third-order valence-electron chi connectivity index (χ3n) is 5.30. The van der Waals surface area contributed by atoms with Crippen molar-refractivity contribution in [1.29, 1.82) is 5.26 Å². The van der Waals surface area contributed by atoms with E-state index in [1.165, 1.54) is 0 Å². The predicted octanol–water partition coefficient (Wildman–Crippen LogP) is 3.13. The normalized spacial score (nSPS) is 23.3. The molecule has 0 saturated carbocycles. The predicted molar refractivity (Wildman–Crippen MR) is 118 cm³/mol. The Bertz CT molecular complexity index is 979. The van der Waals surface area contributed by atoms with Crippen LogP contribution in [0, 0.1) is 17.2 Å². The molecule has 0 unspecified atom stereocenters. The molecule has 3 rings (SSSR count). The van der Waals surface area contributed by atoms with Crippen molar-refractivity contribution in [3.8, 4) is 6.07 Å². The number of amides is 1. The maximum atomic E-state index is 12.5. The Kier molecular flexibility index (Phi) is 7.06. The fourth-order valence-electron chi connectivity index (χ4n) is 3.73. The van der Waals surface area contributed by atoms with Crippen LogP contribution in [0.4, 0.5) is 0 Å². The highest BCUT2D eigenvalue weighted by Gasteiger charge is 2.46. The van der Waals surface area contributed by atoms with E-state index in [2.05, 4.69) is 16.7 Å². The van der Waals surface area contributed by atoms with Crippen molar-refractivity contribution in [3.63, 3.8) is 0 Å². The number of ether oxygens (including phenoxy) is 1. The molecule has 0 aliphatic carbocycles. The number of nitrogens with one attached hydrogen (secondary N) is 2. The van der Waals surface area contributed by atoms with Gasteiger partial charge in [0.2, 0.25) is 0 Å². The highest BCUT2D eigenvalue weighted by Crippen LogP contribution is 2.41. The fraction of sp³-hybridized carbons (Fsp3) is 0.318. The van der Waals surface area contributed by atoms with Gasteiger partial charge in [-0.05, 0) is 55.9 Å². The van der Waals surface area contributed by atoms with Crippen LogP contribution in [0.1, 0.15) is 34.8 Å². The number of thiocarbonyl (C=S) groups is 1. The first-order valence-electron chi connectivity index (χ1n) is 9.50. The van der Waals surface area contributed by atoms with Crippen molar-refractivity contribution < 1.29 is 14.6 Å². The minimum Gasteiger partial charge on any atom is -0.396 e. The van der Waals surface area contributed by atoms with Crippen molar-refractivity contribution in [2.24, 2.45) is 5.92 Å². The molecule has 0 aromatic heterocycles. The van der Waals surface area contributed by atoms with E-state index in [0.29, 0.717) is 28.1 Å². The van der Waals surface area contributed by atoms with E-state index < -0.39 is 5.54 Å². The molecule has 0 radical (unpaired) electrons. The summed E-state index contributed by atoms with van der Waals surface area (Å²) in [6, 6.07) is 15.7. The van der Waals surface area contributed by atoms with Crippen molar-refractivity contribution in [2.45, 2.75) is 25.0 Å². The largest absolute Gasteiger partial charge is 0.396 e. The maximum Gasteiger partial charge on any atom is 0.257 e. The number of nitriles is 1. The molecule has 2 aromatic carbocycles. The molecule has 0 bridgehead atoms. The zero-order valence-corrected chi connectivity index (χ0v) is 18.0. The topological polar surface area (TPSA) is 94.4 Å². The molecule has 1 heterocycles. The molecule has 1 aliphatic heterocycles. The van der Waals surface area contributed by atoms with Gasteiger partial charge in [-0.2, -0.15) is 5.26 Å². The smallest absolute Gasteiger partial charge is 0.257 e. The number of hydrogen-bond acceptors (Lipinski definition) is 5. The second-order valence-corrected chi connectivity index (χ2v) is 8.10. The van der Waals surface area contributed by atoms with Crippen LogP contribution in [0.5, 0.6) is 0 Å². The van der Waals surface area contributed by atoms with Crippen molar-refractivity contribution in [1.82, 2.24) is 10.6 Å². The Hall–Kier alpha value is -2.50. The Morgan fingerprint density at radius 3 is 2.77 bits per heavy atom. The summed E-state index contributed by atoms with van der Waals surface area (Å²) in [4.78, 5) is 12.5. The van der Waals surface area contributed by atoms with Crippen molar-refractivity contribution in [3.05, 3.63) is 70.2 Å². The lowest BCUT2D eigenvalue weighted by Crippen LogP contribution is -2.61. The lowest BCUT2D eigenvalue weighted by molar-refractivity contribution is -0.0747. The third kappa shape index (κ3) is 4.63. The van der Waals surface area contributed by atoms with Crippen molar-refractivity contribution >= 4 is 34.8 Å². The van der Waals surface area contributed by atoms with E-state index in [1.54, 1.807) is 42.5 Å². The van der Waals surface area contributed by atoms with Crippen LogP contribution in [0.2, 0.25) is 5.02 Å². The third-order valence-corrected chi connectivity index (χ3v) is 5.84. The standard InChI is InChI=1S/C22H22ClN3O3S/c1-14-9-17(12-27)22(13-29-14,18-10-15(11-24)7-8-19(18)23)26-21(30)25-20(28)16-5-3-2-4-6-16/h2-8,10,14,17,27H,9,12-13H2,1H3,(H2,25,26,28,30)/t14-,17-,22-/m0/s1. The Balaban J connectivity index is 1.95. The average molecular weight is 444 g/mol. The molecular formula is C22H22ClN3O3S. The molecule has 2 aromatic rings. The number of rotatable bonds is 4. The fourth-order valence-corrected chi connectivity index (χ4v) is 4.29. The molecule has 6 nitrogen and oxygen atoms in total. The number of hydrogen-bond donors (Lipinski definition) is 3. The number of carbonyl (C=O) groups is 1. The van der Waals surface area contributed by atoms with Crippen LogP contribution < -0.4 is 10.6 Å². The lowest BCUT2D eigenvalue weighted by atomic mass is 9.74. The van der Waals surface area contributed by atoms with Gasteiger partial charge >= 0.3 is 0 Å². The highest BCUT2D eigenvalue weighted by atomic mass is 35.5.